The molecule has 0 unspecified atom stereocenters. The van der Waals surface area contributed by atoms with Crippen molar-refractivity contribution in [1.82, 2.24) is 4.98 Å². The topological polar surface area (TPSA) is 53.4 Å². The van der Waals surface area contributed by atoms with Crippen molar-refractivity contribution in [3.63, 3.8) is 0 Å². The molecule has 4 aromatic rings. The van der Waals surface area contributed by atoms with Gasteiger partial charge in [-0.3, -0.25) is 4.79 Å². The quantitative estimate of drug-likeness (QED) is 0.356. The molecular weight excluding hydrogens is 404 g/mol. The summed E-state index contributed by atoms with van der Waals surface area (Å²) in [5.74, 6) is -0.859. The summed E-state index contributed by atoms with van der Waals surface area (Å²) in [6.45, 7) is 3.90. The van der Waals surface area contributed by atoms with Crippen LogP contribution in [0.25, 0.3) is 21.9 Å². The predicted octanol–water partition coefficient (Wildman–Crippen LogP) is 6.34. The van der Waals surface area contributed by atoms with Gasteiger partial charge in [-0.25, -0.2) is 4.98 Å². The summed E-state index contributed by atoms with van der Waals surface area (Å²) in [4.78, 5) is 18.4. The molecule has 0 atom stereocenters. The Balaban J connectivity index is 1.59. The van der Waals surface area contributed by atoms with E-state index in [9.17, 15) is 9.90 Å². The Morgan fingerprint density at radius 2 is 1.71 bits per heavy atom. The van der Waals surface area contributed by atoms with Gasteiger partial charge in [-0.2, -0.15) is 0 Å². The molecule has 1 aromatic heterocycles. The van der Waals surface area contributed by atoms with Crippen molar-refractivity contribution >= 4 is 44.9 Å². The average molecular weight is 429 g/mol. The van der Waals surface area contributed by atoms with Gasteiger partial charge in [0.15, 0.2) is 0 Å². The number of aliphatic carboxylic acids is 1. The lowest BCUT2D eigenvalue weighted by atomic mass is 10.1. The molecule has 5 heteroatoms. The molecule has 31 heavy (non-hydrogen) atoms. The molecule has 3 aromatic carbocycles. The molecule has 0 amide bonds. The second-order valence-corrected chi connectivity index (χ2v) is 8.35. The van der Waals surface area contributed by atoms with Crippen LogP contribution < -0.4 is 4.90 Å². The SMILES string of the molecule is CCN(Cc1ccccc1)c1ccc(C=C(CC(=O)O)c2nc3ccccc3s2)cc1. The van der Waals surface area contributed by atoms with Crippen LogP contribution in [0, 0.1) is 0 Å². The van der Waals surface area contributed by atoms with E-state index in [4.69, 9.17) is 0 Å². The Kier molecular flexibility index (Phi) is 6.43. The minimum absolute atomic E-state index is 0.0589. The Morgan fingerprint density at radius 1 is 1.00 bits per heavy atom. The number of thiazole rings is 1. The first-order chi connectivity index (χ1) is 15.1. The van der Waals surface area contributed by atoms with Crippen LogP contribution in [-0.4, -0.2) is 22.6 Å². The highest BCUT2D eigenvalue weighted by atomic mass is 32.1. The van der Waals surface area contributed by atoms with E-state index >= 15 is 0 Å². The number of carboxylic acid groups (broad SMARTS) is 1. The summed E-state index contributed by atoms with van der Waals surface area (Å²) in [6.07, 6.45) is 1.87. The van der Waals surface area contributed by atoms with Gasteiger partial charge in [0.25, 0.3) is 0 Å². The molecule has 0 radical (unpaired) electrons. The van der Waals surface area contributed by atoms with E-state index < -0.39 is 5.97 Å². The number of anilines is 1. The van der Waals surface area contributed by atoms with Crippen molar-refractivity contribution in [1.29, 1.82) is 0 Å². The van der Waals surface area contributed by atoms with Crippen molar-refractivity contribution in [3.05, 3.63) is 95.0 Å². The number of nitrogens with zero attached hydrogens (tertiary/aromatic N) is 2. The van der Waals surface area contributed by atoms with Crippen molar-refractivity contribution in [3.8, 4) is 0 Å². The number of aromatic nitrogens is 1. The molecule has 0 saturated heterocycles. The third-order valence-corrected chi connectivity index (χ3v) is 6.22. The summed E-state index contributed by atoms with van der Waals surface area (Å²) in [5.41, 5.74) is 5.00. The van der Waals surface area contributed by atoms with Crippen LogP contribution in [0.1, 0.15) is 29.5 Å². The first kappa shape index (κ1) is 20.8. The van der Waals surface area contributed by atoms with Crippen LogP contribution >= 0.6 is 11.3 Å². The molecule has 0 aliphatic rings. The van der Waals surface area contributed by atoms with E-state index in [0.717, 1.165) is 45.1 Å². The summed E-state index contributed by atoms with van der Waals surface area (Å²) in [5, 5.41) is 10.2. The largest absolute Gasteiger partial charge is 0.481 e. The molecule has 1 N–H and O–H groups in total. The lowest BCUT2D eigenvalue weighted by Gasteiger charge is -2.23. The summed E-state index contributed by atoms with van der Waals surface area (Å²) in [7, 11) is 0. The summed E-state index contributed by atoms with van der Waals surface area (Å²) in [6, 6.07) is 26.6. The molecule has 0 aliphatic heterocycles. The van der Waals surface area contributed by atoms with E-state index in [0.29, 0.717) is 0 Å². The number of hydrogen-bond acceptors (Lipinski definition) is 4. The van der Waals surface area contributed by atoms with Crippen LogP contribution in [-0.2, 0) is 11.3 Å². The lowest BCUT2D eigenvalue weighted by molar-refractivity contribution is -0.135. The molecule has 156 valence electrons. The highest BCUT2D eigenvalue weighted by molar-refractivity contribution is 7.19. The molecule has 0 spiro atoms. The van der Waals surface area contributed by atoms with E-state index in [-0.39, 0.29) is 6.42 Å². The normalized spacial score (nSPS) is 11.6. The van der Waals surface area contributed by atoms with Crippen molar-refractivity contribution in [2.24, 2.45) is 0 Å². The number of para-hydroxylation sites is 1. The number of fused-ring (bicyclic) bond motifs is 1. The number of rotatable bonds is 8. The molecular formula is C26H24N2O2S. The molecule has 0 saturated carbocycles. The van der Waals surface area contributed by atoms with Crippen LogP contribution in [0.2, 0.25) is 0 Å². The van der Waals surface area contributed by atoms with E-state index in [1.807, 2.05) is 48.5 Å². The fourth-order valence-electron chi connectivity index (χ4n) is 3.53. The second-order valence-electron chi connectivity index (χ2n) is 7.32. The van der Waals surface area contributed by atoms with Crippen LogP contribution in [0.3, 0.4) is 0 Å². The summed E-state index contributed by atoms with van der Waals surface area (Å²) < 4.78 is 1.06. The van der Waals surface area contributed by atoms with E-state index in [1.54, 1.807) is 0 Å². The number of carboxylic acids is 1. The van der Waals surface area contributed by atoms with Gasteiger partial charge in [-0.1, -0.05) is 54.6 Å². The first-order valence-corrected chi connectivity index (χ1v) is 11.1. The van der Waals surface area contributed by atoms with Gasteiger partial charge >= 0.3 is 5.97 Å². The van der Waals surface area contributed by atoms with Crippen molar-refractivity contribution < 1.29 is 9.90 Å². The van der Waals surface area contributed by atoms with E-state index in [1.165, 1.54) is 16.9 Å². The van der Waals surface area contributed by atoms with Crippen LogP contribution in [0.4, 0.5) is 5.69 Å². The maximum atomic E-state index is 11.5. The fourth-order valence-corrected chi connectivity index (χ4v) is 4.51. The number of benzene rings is 3. The maximum absolute atomic E-state index is 11.5. The van der Waals surface area contributed by atoms with Gasteiger partial charge in [-0.05, 0) is 54.0 Å². The molecule has 0 aliphatic carbocycles. The van der Waals surface area contributed by atoms with Crippen molar-refractivity contribution in [2.45, 2.75) is 19.9 Å². The maximum Gasteiger partial charge on any atom is 0.307 e. The Hall–Kier alpha value is -3.44. The number of hydrogen-bond donors (Lipinski definition) is 1. The third-order valence-electron chi connectivity index (χ3n) is 5.11. The molecule has 0 bridgehead atoms. The van der Waals surface area contributed by atoms with Crippen LogP contribution in [0.15, 0.2) is 78.9 Å². The smallest absolute Gasteiger partial charge is 0.307 e. The van der Waals surface area contributed by atoms with E-state index in [2.05, 4.69) is 53.2 Å². The highest BCUT2D eigenvalue weighted by Crippen LogP contribution is 2.30. The van der Waals surface area contributed by atoms with Gasteiger partial charge < -0.3 is 10.0 Å². The Labute approximate surface area is 186 Å². The van der Waals surface area contributed by atoms with Gasteiger partial charge in [0, 0.05) is 18.8 Å². The molecule has 1 heterocycles. The lowest BCUT2D eigenvalue weighted by Crippen LogP contribution is -2.21. The molecule has 4 rings (SSSR count). The zero-order valence-corrected chi connectivity index (χ0v) is 18.2. The Bertz CT molecular complexity index is 1160. The zero-order valence-electron chi connectivity index (χ0n) is 17.4. The van der Waals surface area contributed by atoms with Gasteiger partial charge in [0.1, 0.15) is 5.01 Å². The first-order valence-electron chi connectivity index (χ1n) is 10.3. The van der Waals surface area contributed by atoms with Crippen LogP contribution in [0.5, 0.6) is 0 Å². The Morgan fingerprint density at radius 3 is 2.39 bits per heavy atom. The minimum atomic E-state index is -0.859. The summed E-state index contributed by atoms with van der Waals surface area (Å²) >= 11 is 1.53. The fraction of sp³-hybridized carbons (Fsp3) is 0.154. The zero-order chi connectivity index (χ0) is 21.6. The van der Waals surface area contributed by atoms with Gasteiger partial charge in [0.2, 0.25) is 0 Å². The second kappa shape index (κ2) is 9.58. The minimum Gasteiger partial charge on any atom is -0.481 e. The third kappa shape index (κ3) is 5.19. The average Bonchev–Trinajstić information content (AvgIpc) is 3.22. The monoisotopic (exact) mass is 428 g/mol. The van der Waals surface area contributed by atoms with Gasteiger partial charge in [-0.15, -0.1) is 11.3 Å². The highest BCUT2D eigenvalue weighted by Gasteiger charge is 2.13. The predicted molar refractivity (Wildman–Crippen MR) is 129 cm³/mol. The standard InChI is InChI=1S/C26H24N2O2S/c1-2-28(18-20-8-4-3-5-9-20)22-14-12-19(13-15-22)16-21(17-25(29)30)26-27-23-10-6-7-11-24(23)31-26/h3-16H,2,17-18H2,1H3,(H,29,30). The van der Waals surface area contributed by atoms with Gasteiger partial charge in [0.05, 0.1) is 16.6 Å². The van der Waals surface area contributed by atoms with Crippen molar-refractivity contribution in [2.75, 3.05) is 11.4 Å². The molecule has 4 nitrogen and oxygen atoms in total. The molecule has 0 fully saturated rings. The number of carbonyl (C=O) groups is 1.